The lowest BCUT2D eigenvalue weighted by Gasteiger charge is -2.22. The maximum Gasteiger partial charge on any atom is 0.348 e. The van der Waals surface area contributed by atoms with Crippen LogP contribution in [0.15, 0.2) is 30.3 Å². The molecule has 26 heavy (non-hydrogen) atoms. The highest BCUT2D eigenvalue weighted by atomic mass is 32.1. The molecular weight excluding hydrogens is 346 g/mol. The molecule has 1 amide bonds. The predicted molar refractivity (Wildman–Crippen MR) is 103 cm³/mol. The molecular formula is C21H23NO3S. The summed E-state index contributed by atoms with van der Waals surface area (Å²) in [6, 6.07) is 9.96. The minimum absolute atomic E-state index is 0.0918. The Balaban J connectivity index is 1.41. The van der Waals surface area contributed by atoms with Crippen molar-refractivity contribution in [3.8, 4) is 0 Å². The molecule has 0 unspecified atom stereocenters. The fourth-order valence-electron chi connectivity index (χ4n) is 4.02. The molecule has 0 saturated carbocycles. The first-order chi connectivity index (χ1) is 12.5. The van der Waals surface area contributed by atoms with E-state index in [0.29, 0.717) is 10.8 Å². The second-order valence-corrected chi connectivity index (χ2v) is 8.57. The number of anilines is 1. The number of nitrogens with zero attached hydrogens (tertiary/aromatic N) is 1. The molecule has 0 radical (unpaired) electrons. The van der Waals surface area contributed by atoms with Gasteiger partial charge in [-0.1, -0.05) is 25.1 Å². The van der Waals surface area contributed by atoms with Gasteiger partial charge in [-0.2, -0.15) is 0 Å². The quantitative estimate of drug-likeness (QED) is 0.768. The van der Waals surface area contributed by atoms with Crippen LogP contribution in [0.1, 0.15) is 45.9 Å². The van der Waals surface area contributed by atoms with E-state index < -0.39 is 0 Å². The Bertz CT molecular complexity index is 857. The van der Waals surface area contributed by atoms with Crippen molar-refractivity contribution in [3.05, 3.63) is 51.2 Å². The zero-order chi connectivity index (χ0) is 18.3. The van der Waals surface area contributed by atoms with Crippen molar-refractivity contribution >= 4 is 28.9 Å². The molecule has 2 aliphatic rings. The highest BCUT2D eigenvalue weighted by Gasteiger charge is 2.31. The van der Waals surface area contributed by atoms with Crippen molar-refractivity contribution in [2.45, 2.75) is 45.6 Å². The van der Waals surface area contributed by atoms with Gasteiger partial charge in [0.15, 0.2) is 6.61 Å². The SMILES string of the molecule is C[C@H]1CCc2sc(C(=O)OCC(=O)N3c4ccccc4C[C@@H]3C)cc2C1. The van der Waals surface area contributed by atoms with Crippen LogP contribution in [0.5, 0.6) is 0 Å². The number of ether oxygens (including phenoxy) is 1. The van der Waals surface area contributed by atoms with Gasteiger partial charge in [0, 0.05) is 16.6 Å². The number of fused-ring (bicyclic) bond motifs is 2. The van der Waals surface area contributed by atoms with Crippen LogP contribution in [0.2, 0.25) is 0 Å². The van der Waals surface area contributed by atoms with E-state index in [1.165, 1.54) is 33.8 Å². The summed E-state index contributed by atoms with van der Waals surface area (Å²) >= 11 is 1.52. The molecule has 0 saturated heterocycles. The van der Waals surface area contributed by atoms with Crippen LogP contribution >= 0.6 is 11.3 Å². The van der Waals surface area contributed by atoms with Gasteiger partial charge < -0.3 is 9.64 Å². The van der Waals surface area contributed by atoms with E-state index in [1.54, 1.807) is 4.90 Å². The van der Waals surface area contributed by atoms with Crippen LogP contribution in [0.4, 0.5) is 5.69 Å². The van der Waals surface area contributed by atoms with Crippen molar-refractivity contribution in [2.75, 3.05) is 11.5 Å². The van der Waals surface area contributed by atoms with E-state index in [4.69, 9.17) is 4.74 Å². The Morgan fingerprint density at radius 1 is 1.19 bits per heavy atom. The molecule has 0 fully saturated rings. The number of aryl methyl sites for hydroxylation is 1. The van der Waals surface area contributed by atoms with E-state index in [0.717, 1.165) is 24.9 Å². The molecule has 0 bridgehead atoms. The van der Waals surface area contributed by atoms with Gasteiger partial charge in [-0.05, 0) is 61.8 Å². The van der Waals surface area contributed by atoms with Crippen LogP contribution < -0.4 is 4.90 Å². The maximum atomic E-state index is 12.6. The summed E-state index contributed by atoms with van der Waals surface area (Å²) < 4.78 is 5.35. The highest BCUT2D eigenvalue weighted by molar-refractivity contribution is 7.14. The van der Waals surface area contributed by atoms with Gasteiger partial charge in [-0.15, -0.1) is 11.3 Å². The third kappa shape index (κ3) is 3.16. The van der Waals surface area contributed by atoms with Crippen molar-refractivity contribution in [2.24, 2.45) is 5.92 Å². The largest absolute Gasteiger partial charge is 0.451 e. The summed E-state index contributed by atoms with van der Waals surface area (Å²) in [5.41, 5.74) is 3.37. The molecule has 1 aliphatic carbocycles. The van der Waals surface area contributed by atoms with Gasteiger partial charge in [0.1, 0.15) is 4.88 Å². The van der Waals surface area contributed by atoms with E-state index in [2.05, 4.69) is 6.92 Å². The average Bonchev–Trinajstić information content (AvgIpc) is 3.18. The number of thiophene rings is 1. The minimum Gasteiger partial charge on any atom is -0.451 e. The van der Waals surface area contributed by atoms with Crippen LogP contribution in [0, 0.1) is 5.92 Å². The lowest BCUT2D eigenvalue weighted by molar-refractivity contribution is -0.122. The fourth-order valence-corrected chi connectivity index (χ4v) is 5.12. The molecule has 1 aromatic heterocycles. The topological polar surface area (TPSA) is 46.6 Å². The number of esters is 1. The molecule has 4 nitrogen and oxygen atoms in total. The van der Waals surface area contributed by atoms with Crippen LogP contribution in [-0.4, -0.2) is 24.5 Å². The summed E-state index contributed by atoms with van der Waals surface area (Å²) in [6.45, 7) is 4.05. The third-order valence-corrected chi connectivity index (χ3v) is 6.55. The van der Waals surface area contributed by atoms with Crippen molar-refractivity contribution in [3.63, 3.8) is 0 Å². The van der Waals surface area contributed by atoms with Crippen LogP contribution in [-0.2, 0) is 28.8 Å². The minimum atomic E-state index is -0.384. The summed E-state index contributed by atoms with van der Waals surface area (Å²) in [7, 11) is 0. The highest BCUT2D eigenvalue weighted by Crippen LogP contribution is 2.33. The van der Waals surface area contributed by atoms with Gasteiger partial charge in [0.25, 0.3) is 5.91 Å². The van der Waals surface area contributed by atoms with Crippen molar-refractivity contribution in [1.82, 2.24) is 0 Å². The molecule has 136 valence electrons. The molecule has 2 heterocycles. The van der Waals surface area contributed by atoms with E-state index in [-0.39, 0.29) is 24.5 Å². The maximum absolute atomic E-state index is 12.6. The number of carbonyl (C=O) groups excluding carboxylic acids is 2. The molecule has 2 atom stereocenters. The number of hydrogen-bond donors (Lipinski definition) is 0. The fraction of sp³-hybridized carbons (Fsp3) is 0.429. The second-order valence-electron chi connectivity index (χ2n) is 7.43. The number of benzene rings is 1. The smallest absolute Gasteiger partial charge is 0.348 e. The molecule has 0 N–H and O–H groups in total. The second kappa shape index (κ2) is 6.88. The van der Waals surface area contributed by atoms with Gasteiger partial charge in [0.05, 0.1) is 0 Å². The molecule has 1 aliphatic heterocycles. The number of hydrogen-bond acceptors (Lipinski definition) is 4. The van der Waals surface area contributed by atoms with Crippen molar-refractivity contribution in [1.29, 1.82) is 0 Å². The first-order valence-corrected chi connectivity index (χ1v) is 10.0. The van der Waals surface area contributed by atoms with Crippen LogP contribution in [0.25, 0.3) is 0 Å². The summed E-state index contributed by atoms with van der Waals surface area (Å²) in [6.07, 6.45) is 4.08. The molecule has 5 heteroatoms. The normalized spacial score (nSPS) is 21.2. The molecule has 2 aromatic rings. The van der Waals surface area contributed by atoms with E-state index >= 15 is 0 Å². The lowest BCUT2D eigenvalue weighted by atomic mass is 9.90. The van der Waals surface area contributed by atoms with E-state index in [1.807, 2.05) is 37.3 Å². The Kier molecular flexibility index (Phi) is 4.57. The Morgan fingerprint density at radius 2 is 2.00 bits per heavy atom. The summed E-state index contributed by atoms with van der Waals surface area (Å²) in [4.78, 5) is 28.7. The number of rotatable bonds is 3. The number of para-hydroxylation sites is 1. The van der Waals surface area contributed by atoms with Gasteiger partial charge in [0.2, 0.25) is 0 Å². The Morgan fingerprint density at radius 3 is 2.85 bits per heavy atom. The Labute approximate surface area is 157 Å². The van der Waals surface area contributed by atoms with E-state index in [9.17, 15) is 9.59 Å². The summed E-state index contributed by atoms with van der Waals surface area (Å²) in [5.74, 6) is 0.121. The molecule has 4 rings (SSSR count). The zero-order valence-electron chi connectivity index (χ0n) is 15.2. The molecule has 0 spiro atoms. The zero-order valence-corrected chi connectivity index (χ0v) is 16.0. The molecule has 1 aromatic carbocycles. The van der Waals surface area contributed by atoms with Crippen molar-refractivity contribution < 1.29 is 14.3 Å². The van der Waals surface area contributed by atoms with Gasteiger partial charge in [-0.25, -0.2) is 4.79 Å². The lowest BCUT2D eigenvalue weighted by Crippen LogP contribution is -2.38. The third-order valence-electron chi connectivity index (χ3n) is 5.33. The summed E-state index contributed by atoms with van der Waals surface area (Å²) in [5, 5.41) is 0. The predicted octanol–water partition coefficient (Wildman–Crippen LogP) is 4.01. The average molecular weight is 369 g/mol. The van der Waals surface area contributed by atoms with Gasteiger partial charge in [-0.3, -0.25) is 4.79 Å². The number of carbonyl (C=O) groups is 2. The first-order valence-electron chi connectivity index (χ1n) is 9.21. The first kappa shape index (κ1) is 17.3. The monoisotopic (exact) mass is 369 g/mol. The Hall–Kier alpha value is -2.14. The van der Waals surface area contributed by atoms with Gasteiger partial charge >= 0.3 is 5.97 Å². The van der Waals surface area contributed by atoms with Crippen LogP contribution in [0.3, 0.4) is 0 Å². The standard InChI is InChI=1S/C21H23NO3S/c1-13-7-8-18-16(9-13)11-19(26-18)21(24)25-12-20(23)22-14(2)10-15-5-3-4-6-17(15)22/h3-6,11,13-14H,7-10,12H2,1-2H3/t13-,14-/m0/s1. The number of amides is 1.